The molecule has 0 radical (unpaired) electrons. The van der Waals surface area contributed by atoms with E-state index in [0.29, 0.717) is 35.3 Å². The van der Waals surface area contributed by atoms with Gasteiger partial charge in [0.2, 0.25) is 0 Å². The van der Waals surface area contributed by atoms with E-state index in [1.807, 2.05) is 20.8 Å². The lowest BCUT2D eigenvalue weighted by Crippen LogP contribution is -2.29. The number of ketones is 1. The largest absolute Gasteiger partial charge is 0.507 e. The summed E-state index contributed by atoms with van der Waals surface area (Å²) in [4.78, 5) is 27.3. The first kappa shape index (κ1) is 22.3. The Hall–Kier alpha value is -3.87. The fraction of sp³-hybridized carbons (Fsp3) is 0.231. The average molecular weight is 449 g/mol. The summed E-state index contributed by atoms with van der Waals surface area (Å²) >= 11 is 0. The molecule has 1 atom stereocenters. The fourth-order valence-electron chi connectivity index (χ4n) is 3.79. The van der Waals surface area contributed by atoms with Crippen LogP contribution in [0, 0.1) is 18.7 Å². The van der Waals surface area contributed by atoms with Gasteiger partial charge >= 0.3 is 0 Å². The average Bonchev–Trinajstić information content (AvgIpc) is 3.40. The summed E-state index contributed by atoms with van der Waals surface area (Å²) in [5.41, 5.74) is 1.36. The summed E-state index contributed by atoms with van der Waals surface area (Å²) in [7, 11) is 0. The summed E-state index contributed by atoms with van der Waals surface area (Å²) < 4.78 is 24.8. The molecular weight excluding hydrogens is 425 g/mol. The SMILES string of the molecule is Cc1cc(/C(O)=C2/C(=O)C(=O)N(c3ccc(F)cc3)C2c2ccco2)ccc1OCC(C)C. The van der Waals surface area contributed by atoms with E-state index in [1.54, 1.807) is 30.3 Å². The van der Waals surface area contributed by atoms with Crippen LogP contribution in [0.1, 0.15) is 36.8 Å². The third-order valence-electron chi connectivity index (χ3n) is 5.38. The molecule has 1 aliphatic heterocycles. The molecule has 33 heavy (non-hydrogen) atoms. The van der Waals surface area contributed by atoms with Gasteiger partial charge in [-0.3, -0.25) is 14.5 Å². The highest BCUT2D eigenvalue weighted by Gasteiger charge is 2.48. The van der Waals surface area contributed by atoms with E-state index in [4.69, 9.17) is 9.15 Å². The Morgan fingerprint density at radius 1 is 1.15 bits per heavy atom. The van der Waals surface area contributed by atoms with Crippen LogP contribution < -0.4 is 9.64 Å². The number of hydrogen-bond acceptors (Lipinski definition) is 5. The minimum absolute atomic E-state index is 0.102. The molecule has 1 aromatic heterocycles. The molecule has 1 unspecified atom stereocenters. The molecule has 1 amide bonds. The Morgan fingerprint density at radius 3 is 2.48 bits per heavy atom. The van der Waals surface area contributed by atoms with Crippen molar-refractivity contribution < 1.29 is 28.2 Å². The molecule has 2 heterocycles. The van der Waals surface area contributed by atoms with Gasteiger partial charge < -0.3 is 14.3 Å². The van der Waals surface area contributed by atoms with Crippen molar-refractivity contribution in [2.75, 3.05) is 11.5 Å². The number of Topliss-reactive ketones (excluding diaryl/α,β-unsaturated/α-hetero) is 1. The number of nitrogens with zero attached hydrogens (tertiary/aromatic N) is 1. The number of carbonyl (C=O) groups excluding carboxylic acids is 2. The van der Waals surface area contributed by atoms with Crippen LogP contribution in [0.4, 0.5) is 10.1 Å². The van der Waals surface area contributed by atoms with Gasteiger partial charge in [-0.2, -0.15) is 0 Å². The lowest BCUT2D eigenvalue weighted by Gasteiger charge is -2.23. The maximum absolute atomic E-state index is 13.5. The van der Waals surface area contributed by atoms with E-state index in [1.165, 1.54) is 35.4 Å². The van der Waals surface area contributed by atoms with Gasteiger partial charge in [0, 0.05) is 11.3 Å². The Morgan fingerprint density at radius 2 is 1.88 bits per heavy atom. The number of carbonyl (C=O) groups is 2. The van der Waals surface area contributed by atoms with Crippen LogP contribution >= 0.6 is 0 Å². The summed E-state index contributed by atoms with van der Waals surface area (Å²) in [6, 6.07) is 12.5. The second-order valence-electron chi connectivity index (χ2n) is 8.35. The number of aryl methyl sites for hydroxylation is 1. The van der Waals surface area contributed by atoms with Crippen molar-refractivity contribution in [2.45, 2.75) is 26.8 Å². The lowest BCUT2D eigenvalue weighted by atomic mass is 9.98. The number of rotatable bonds is 6. The van der Waals surface area contributed by atoms with Gasteiger partial charge in [0.1, 0.15) is 29.1 Å². The molecule has 1 aliphatic rings. The fourth-order valence-corrected chi connectivity index (χ4v) is 3.79. The van der Waals surface area contributed by atoms with Crippen molar-refractivity contribution in [2.24, 2.45) is 5.92 Å². The number of furan rings is 1. The van der Waals surface area contributed by atoms with Crippen LogP contribution in [-0.2, 0) is 9.59 Å². The molecule has 6 nitrogen and oxygen atoms in total. The second kappa shape index (κ2) is 8.94. The molecule has 2 aromatic carbocycles. The highest BCUT2D eigenvalue weighted by Crippen LogP contribution is 2.42. The highest BCUT2D eigenvalue weighted by molar-refractivity contribution is 6.51. The summed E-state index contributed by atoms with van der Waals surface area (Å²) in [5, 5.41) is 11.2. The monoisotopic (exact) mass is 449 g/mol. The number of aliphatic hydroxyl groups is 1. The zero-order valence-corrected chi connectivity index (χ0v) is 18.5. The van der Waals surface area contributed by atoms with Gasteiger partial charge in [0.05, 0.1) is 18.4 Å². The van der Waals surface area contributed by atoms with E-state index in [9.17, 15) is 19.1 Å². The molecule has 1 saturated heterocycles. The molecule has 7 heteroatoms. The third kappa shape index (κ3) is 4.26. The quantitative estimate of drug-likeness (QED) is 0.310. The second-order valence-corrected chi connectivity index (χ2v) is 8.35. The van der Waals surface area contributed by atoms with Gasteiger partial charge in [-0.25, -0.2) is 4.39 Å². The molecule has 0 bridgehead atoms. The molecule has 1 N–H and O–H groups in total. The van der Waals surface area contributed by atoms with Crippen molar-refractivity contribution >= 4 is 23.1 Å². The first-order valence-corrected chi connectivity index (χ1v) is 10.6. The number of halogens is 1. The van der Waals surface area contributed by atoms with Crippen LogP contribution in [0.2, 0.25) is 0 Å². The molecule has 3 aromatic rings. The topological polar surface area (TPSA) is 80.0 Å². The Balaban J connectivity index is 1.80. The summed E-state index contributed by atoms with van der Waals surface area (Å²) in [6.45, 7) is 6.48. The van der Waals surface area contributed by atoms with E-state index in [-0.39, 0.29) is 11.3 Å². The van der Waals surface area contributed by atoms with Gasteiger partial charge in [-0.1, -0.05) is 13.8 Å². The predicted molar refractivity (Wildman–Crippen MR) is 121 cm³/mol. The first-order valence-electron chi connectivity index (χ1n) is 10.6. The zero-order chi connectivity index (χ0) is 23.7. The third-order valence-corrected chi connectivity index (χ3v) is 5.38. The number of amides is 1. The smallest absolute Gasteiger partial charge is 0.300 e. The number of aliphatic hydroxyl groups excluding tert-OH is 1. The molecule has 1 fully saturated rings. The molecular formula is C26H24FNO5. The molecule has 0 saturated carbocycles. The van der Waals surface area contributed by atoms with Gasteiger partial charge in [0.25, 0.3) is 11.7 Å². The van der Waals surface area contributed by atoms with E-state index >= 15 is 0 Å². The van der Waals surface area contributed by atoms with Crippen LogP contribution in [0.5, 0.6) is 5.75 Å². The molecule has 0 spiro atoms. The Labute approximate surface area is 190 Å². The molecule has 170 valence electrons. The highest BCUT2D eigenvalue weighted by atomic mass is 19.1. The minimum Gasteiger partial charge on any atom is -0.507 e. The first-order chi connectivity index (χ1) is 15.8. The van der Waals surface area contributed by atoms with Crippen molar-refractivity contribution in [3.05, 3.63) is 89.1 Å². The number of hydrogen-bond donors (Lipinski definition) is 1. The minimum atomic E-state index is -0.998. The van der Waals surface area contributed by atoms with E-state index < -0.39 is 23.5 Å². The Bertz CT molecular complexity index is 1210. The van der Waals surface area contributed by atoms with Crippen LogP contribution in [0.15, 0.2) is 70.9 Å². The maximum Gasteiger partial charge on any atom is 0.300 e. The van der Waals surface area contributed by atoms with Gasteiger partial charge in [-0.15, -0.1) is 0 Å². The number of ether oxygens (including phenoxy) is 1. The molecule has 0 aliphatic carbocycles. The standard InChI is InChI=1S/C26H24FNO5/c1-15(2)14-33-20-11-6-17(13-16(20)3)24(29)22-23(21-5-4-12-32-21)28(26(31)25(22)30)19-9-7-18(27)8-10-19/h4-13,15,23,29H,14H2,1-3H3/b24-22-. The van der Waals surface area contributed by atoms with Crippen molar-refractivity contribution in [1.29, 1.82) is 0 Å². The van der Waals surface area contributed by atoms with Crippen LogP contribution in [-0.4, -0.2) is 23.4 Å². The van der Waals surface area contributed by atoms with Gasteiger partial charge in [-0.05, 0) is 73.0 Å². The predicted octanol–water partition coefficient (Wildman–Crippen LogP) is 5.39. The number of anilines is 1. The van der Waals surface area contributed by atoms with E-state index in [2.05, 4.69) is 0 Å². The van der Waals surface area contributed by atoms with Crippen LogP contribution in [0.25, 0.3) is 5.76 Å². The van der Waals surface area contributed by atoms with Crippen LogP contribution in [0.3, 0.4) is 0 Å². The van der Waals surface area contributed by atoms with Crippen molar-refractivity contribution in [3.8, 4) is 5.75 Å². The van der Waals surface area contributed by atoms with E-state index in [0.717, 1.165) is 5.56 Å². The van der Waals surface area contributed by atoms with Gasteiger partial charge in [0.15, 0.2) is 0 Å². The summed E-state index contributed by atoms with van der Waals surface area (Å²) in [6.07, 6.45) is 1.42. The normalized spacial score (nSPS) is 17.7. The zero-order valence-electron chi connectivity index (χ0n) is 18.5. The summed E-state index contributed by atoms with van der Waals surface area (Å²) in [5.74, 6) is -1.15. The number of benzene rings is 2. The van der Waals surface area contributed by atoms with Crippen molar-refractivity contribution in [3.63, 3.8) is 0 Å². The Kier molecular flexibility index (Phi) is 6.05. The molecule has 4 rings (SSSR count). The lowest BCUT2D eigenvalue weighted by molar-refractivity contribution is -0.132. The maximum atomic E-state index is 13.5. The van der Waals surface area contributed by atoms with Crippen molar-refractivity contribution in [1.82, 2.24) is 0 Å².